The largest absolute Gasteiger partial charge is 0.493 e. The summed E-state index contributed by atoms with van der Waals surface area (Å²) in [5.41, 5.74) is 0.503. The summed E-state index contributed by atoms with van der Waals surface area (Å²) in [4.78, 5) is 0. The standard InChI is InChI=1S/C21H28O4/c1-16-7-6-10-19(13-16)25-15-18(22)9-5-4-8-17-11-12-20(23-2)21(14-17)24-3/h6-7,10-14,18,22H,4-5,8-9,15H2,1-3H3/i4D2,8D2,9D2,15D2,18D. The molecule has 2 rings (SSSR count). The van der Waals surface area contributed by atoms with Gasteiger partial charge >= 0.3 is 0 Å². The van der Waals surface area contributed by atoms with E-state index in [1.54, 1.807) is 19.1 Å². The quantitative estimate of drug-likeness (QED) is 0.696. The Bertz CT molecular complexity index is 1010. The normalized spacial score (nSPS) is 20.7. The molecule has 1 atom stereocenters. The summed E-state index contributed by atoms with van der Waals surface area (Å²) in [6, 6.07) is 9.88. The van der Waals surface area contributed by atoms with Gasteiger partial charge in [0.25, 0.3) is 0 Å². The summed E-state index contributed by atoms with van der Waals surface area (Å²) in [5, 5.41) is 10.6. The zero-order valence-electron chi connectivity index (χ0n) is 23.4. The van der Waals surface area contributed by atoms with Gasteiger partial charge in [-0.25, -0.2) is 0 Å². The molecule has 136 valence electrons. The monoisotopic (exact) mass is 353 g/mol. The zero-order valence-corrected chi connectivity index (χ0v) is 14.4. The van der Waals surface area contributed by atoms with Gasteiger partial charge in [-0.2, -0.15) is 0 Å². The van der Waals surface area contributed by atoms with E-state index >= 15 is 0 Å². The average molecular weight is 354 g/mol. The van der Waals surface area contributed by atoms with E-state index in [2.05, 4.69) is 0 Å². The molecule has 0 aromatic heterocycles. The van der Waals surface area contributed by atoms with Crippen LogP contribution in [0.4, 0.5) is 0 Å². The number of hydrogen-bond donors (Lipinski definition) is 1. The zero-order chi connectivity index (χ0) is 26.2. The number of hydrogen-bond acceptors (Lipinski definition) is 4. The van der Waals surface area contributed by atoms with Gasteiger partial charge in [0.2, 0.25) is 0 Å². The van der Waals surface area contributed by atoms with Gasteiger partial charge in [0.1, 0.15) is 12.3 Å². The van der Waals surface area contributed by atoms with Crippen molar-refractivity contribution in [3.05, 3.63) is 53.6 Å². The minimum atomic E-state index is -3.61. The maximum atomic E-state index is 10.6. The molecule has 25 heavy (non-hydrogen) atoms. The molecule has 0 aliphatic rings. The predicted octanol–water partition coefficient (Wildman–Crippen LogP) is 4.16. The van der Waals surface area contributed by atoms with E-state index in [4.69, 9.17) is 26.5 Å². The maximum absolute atomic E-state index is 10.6. The summed E-state index contributed by atoms with van der Waals surface area (Å²) in [5.74, 6) is 0.345. The lowest BCUT2D eigenvalue weighted by molar-refractivity contribution is 0.0976. The number of ether oxygens (including phenoxy) is 3. The molecule has 0 amide bonds. The first-order valence-electron chi connectivity index (χ1n) is 12.1. The second kappa shape index (κ2) is 9.94. The minimum absolute atomic E-state index is 0.0601. The molecule has 4 nitrogen and oxygen atoms in total. The first-order valence-corrected chi connectivity index (χ1v) is 7.62. The van der Waals surface area contributed by atoms with Crippen LogP contribution in [0.25, 0.3) is 0 Å². The highest BCUT2D eigenvalue weighted by atomic mass is 16.5. The molecular weight excluding hydrogens is 316 g/mol. The Morgan fingerprint density at radius 2 is 1.92 bits per heavy atom. The van der Waals surface area contributed by atoms with Crippen molar-refractivity contribution in [3.63, 3.8) is 0 Å². The van der Waals surface area contributed by atoms with E-state index in [1.165, 1.54) is 44.6 Å². The number of aryl methyl sites for hydroxylation is 2. The third kappa shape index (κ3) is 6.31. The van der Waals surface area contributed by atoms with Gasteiger partial charge in [0.05, 0.1) is 24.4 Å². The van der Waals surface area contributed by atoms with Crippen LogP contribution in [0.2, 0.25) is 0 Å². The van der Waals surface area contributed by atoms with Crippen LogP contribution in [-0.4, -0.2) is 32.0 Å². The number of rotatable bonds is 10. The predicted molar refractivity (Wildman–Crippen MR) is 99.8 cm³/mol. The van der Waals surface area contributed by atoms with Gasteiger partial charge in [-0.05, 0) is 61.4 Å². The lowest BCUT2D eigenvalue weighted by Crippen LogP contribution is -2.17. The molecule has 0 bridgehead atoms. The van der Waals surface area contributed by atoms with Gasteiger partial charge in [-0.3, -0.25) is 0 Å². The van der Waals surface area contributed by atoms with Crippen LogP contribution in [0.3, 0.4) is 0 Å². The summed E-state index contributed by atoms with van der Waals surface area (Å²) < 4.78 is 89.2. The third-order valence-electron chi connectivity index (χ3n) is 3.22. The molecule has 1 unspecified atom stereocenters. The van der Waals surface area contributed by atoms with Crippen molar-refractivity contribution in [2.45, 2.75) is 38.5 Å². The van der Waals surface area contributed by atoms with E-state index in [-0.39, 0.29) is 22.8 Å². The lowest BCUT2D eigenvalue weighted by atomic mass is 10.0. The Labute approximate surface area is 163 Å². The molecule has 0 aliphatic carbocycles. The Kier molecular flexibility index (Phi) is 4.01. The van der Waals surface area contributed by atoms with Crippen molar-refractivity contribution in [1.29, 1.82) is 0 Å². The Morgan fingerprint density at radius 1 is 1.12 bits per heavy atom. The summed E-state index contributed by atoms with van der Waals surface area (Å²) in [6.45, 7) is -1.60. The SMILES string of the molecule is [2H]C([2H])(CC([2H])([2H])C([2H])(O)C([2H])([2H])Oc1cccc(C)c1)C([2H])([2H])c1ccc(OC)c(OC)c1. The van der Waals surface area contributed by atoms with Crippen LogP contribution < -0.4 is 14.2 Å². The number of methoxy groups -OCH3 is 2. The van der Waals surface area contributed by atoms with Crippen LogP contribution in [0.5, 0.6) is 17.2 Å². The molecule has 4 heteroatoms. The van der Waals surface area contributed by atoms with Gasteiger partial charge < -0.3 is 19.3 Å². The summed E-state index contributed by atoms with van der Waals surface area (Å²) in [6.07, 6.45) is -14.1. The molecule has 0 spiro atoms. The van der Waals surface area contributed by atoms with Gasteiger partial charge in [-0.1, -0.05) is 24.6 Å². The van der Waals surface area contributed by atoms with E-state index in [1.807, 2.05) is 0 Å². The highest BCUT2D eigenvalue weighted by molar-refractivity contribution is 5.42. The van der Waals surface area contributed by atoms with E-state index < -0.39 is 38.2 Å². The van der Waals surface area contributed by atoms with Crippen molar-refractivity contribution in [1.82, 2.24) is 0 Å². The Morgan fingerprint density at radius 3 is 2.64 bits per heavy atom. The van der Waals surface area contributed by atoms with Gasteiger partial charge in [0, 0.05) is 8.22 Å². The van der Waals surface area contributed by atoms with Crippen molar-refractivity contribution in [2.24, 2.45) is 0 Å². The first-order chi connectivity index (χ1) is 15.4. The van der Waals surface area contributed by atoms with Crippen molar-refractivity contribution in [2.75, 3.05) is 20.8 Å². The van der Waals surface area contributed by atoms with Crippen LogP contribution in [-0.2, 0) is 6.37 Å². The lowest BCUT2D eigenvalue weighted by Gasteiger charge is -2.13. The molecule has 0 saturated heterocycles. The third-order valence-corrected chi connectivity index (χ3v) is 3.22. The number of aliphatic hydroxyl groups is 1. The molecule has 2 aromatic rings. The van der Waals surface area contributed by atoms with Gasteiger partial charge in [0.15, 0.2) is 11.5 Å². The second-order valence-electron chi connectivity index (χ2n) is 5.09. The smallest absolute Gasteiger partial charge is 0.160 e. The molecule has 0 fully saturated rings. The van der Waals surface area contributed by atoms with Crippen LogP contribution in [0, 0.1) is 6.92 Å². The number of benzene rings is 2. The fourth-order valence-corrected chi connectivity index (χ4v) is 2.01. The highest BCUT2D eigenvalue weighted by Gasteiger charge is 2.07. The molecular formula is C21H28O4. The van der Waals surface area contributed by atoms with Crippen molar-refractivity contribution in [3.8, 4) is 17.2 Å². The Hall–Kier alpha value is -2.20. The first kappa shape index (κ1) is 10.1. The van der Waals surface area contributed by atoms with Crippen molar-refractivity contribution < 1.29 is 31.7 Å². The Balaban J connectivity index is 2.37. The fourth-order valence-electron chi connectivity index (χ4n) is 2.01. The van der Waals surface area contributed by atoms with E-state index in [0.29, 0.717) is 5.56 Å². The van der Waals surface area contributed by atoms with Gasteiger partial charge in [-0.15, -0.1) is 0 Å². The molecule has 1 N–H and O–H groups in total. The highest BCUT2D eigenvalue weighted by Crippen LogP contribution is 2.28. The van der Waals surface area contributed by atoms with E-state index in [9.17, 15) is 5.11 Å². The molecule has 2 aromatic carbocycles. The van der Waals surface area contributed by atoms with Crippen molar-refractivity contribution >= 4 is 0 Å². The van der Waals surface area contributed by atoms with Crippen LogP contribution in [0.15, 0.2) is 42.5 Å². The topological polar surface area (TPSA) is 47.9 Å². The molecule has 0 aliphatic heterocycles. The molecule has 0 heterocycles. The fraction of sp³-hybridized carbons (Fsp3) is 0.429. The van der Waals surface area contributed by atoms with E-state index in [0.717, 1.165) is 0 Å². The maximum Gasteiger partial charge on any atom is 0.160 e. The van der Waals surface area contributed by atoms with Crippen LogP contribution >= 0.6 is 0 Å². The summed E-state index contributed by atoms with van der Waals surface area (Å²) in [7, 11) is 2.70. The minimum Gasteiger partial charge on any atom is -0.493 e. The molecule has 0 radical (unpaired) electrons. The average Bonchev–Trinajstić information content (AvgIpc) is 2.71. The summed E-state index contributed by atoms with van der Waals surface area (Å²) >= 11 is 0. The van der Waals surface area contributed by atoms with Crippen LogP contribution in [0.1, 0.15) is 42.6 Å². The molecule has 0 saturated carbocycles. The second-order valence-corrected chi connectivity index (χ2v) is 5.09.